The predicted molar refractivity (Wildman–Crippen MR) is 124 cm³/mol. The summed E-state index contributed by atoms with van der Waals surface area (Å²) in [6.07, 6.45) is 0.0928. The van der Waals surface area contributed by atoms with Gasteiger partial charge in [-0.05, 0) is 29.8 Å². The summed E-state index contributed by atoms with van der Waals surface area (Å²) in [5.41, 5.74) is 2.57. The Labute approximate surface area is 190 Å². The van der Waals surface area contributed by atoms with E-state index in [0.29, 0.717) is 22.1 Å². The van der Waals surface area contributed by atoms with Gasteiger partial charge in [-0.3, -0.25) is 10.1 Å². The minimum atomic E-state index is -0.316. The number of nitrogens with one attached hydrogen (secondary N) is 1. The molecule has 0 saturated heterocycles. The minimum Gasteiger partial charge on any atom is -0.493 e. The summed E-state index contributed by atoms with van der Waals surface area (Å²) in [5.74, 6) is 0.960. The quantitative estimate of drug-likeness (QED) is 0.352. The van der Waals surface area contributed by atoms with Crippen molar-refractivity contribution in [2.45, 2.75) is 6.42 Å². The smallest absolute Gasteiger partial charge is 0.230 e. The second kappa shape index (κ2) is 9.86. The van der Waals surface area contributed by atoms with Crippen molar-refractivity contribution in [3.8, 4) is 34.3 Å². The molecule has 0 radical (unpaired) electrons. The number of nitrogens with zero attached hydrogens (tertiary/aromatic N) is 1. The third-order valence-corrected chi connectivity index (χ3v) is 5.03. The monoisotopic (exact) mass is 442 g/mol. The predicted octanol–water partition coefficient (Wildman–Crippen LogP) is 6.55. The molecule has 1 heterocycles. The lowest BCUT2D eigenvalue weighted by Crippen LogP contribution is -2.15. The molecule has 32 heavy (non-hydrogen) atoms. The molecule has 1 N–H and O–H groups in total. The Hall–Kier alpha value is -4.01. The number of furan rings is 1. The van der Waals surface area contributed by atoms with Crippen LogP contribution >= 0.6 is 11.6 Å². The van der Waals surface area contributed by atoms with Crippen molar-refractivity contribution >= 4 is 23.4 Å². The van der Waals surface area contributed by atoms with E-state index < -0.39 is 0 Å². The lowest BCUT2D eigenvalue weighted by molar-refractivity contribution is -0.116. The van der Waals surface area contributed by atoms with E-state index in [2.05, 4.69) is 11.4 Å². The largest absolute Gasteiger partial charge is 0.493 e. The first-order valence-corrected chi connectivity index (χ1v) is 10.4. The summed E-state index contributed by atoms with van der Waals surface area (Å²) in [4.78, 5) is 12.5. The summed E-state index contributed by atoms with van der Waals surface area (Å²) in [5, 5.41) is 13.2. The van der Waals surface area contributed by atoms with Gasteiger partial charge in [0, 0.05) is 16.1 Å². The molecule has 1 aromatic heterocycles. The van der Waals surface area contributed by atoms with Crippen molar-refractivity contribution < 1.29 is 13.9 Å². The lowest BCUT2D eigenvalue weighted by Gasteiger charge is -2.06. The molecule has 5 nitrogen and oxygen atoms in total. The van der Waals surface area contributed by atoms with Gasteiger partial charge in [-0.15, -0.1) is 0 Å². The zero-order chi connectivity index (χ0) is 22.3. The fourth-order valence-electron chi connectivity index (χ4n) is 3.28. The molecule has 0 aliphatic heterocycles. The van der Waals surface area contributed by atoms with E-state index >= 15 is 0 Å². The first-order valence-electron chi connectivity index (χ1n) is 10.0. The SMILES string of the molecule is N#Cc1c(NC(=O)CCOc2ccc(Cl)cc2)oc(-c2ccccc2)c1-c1ccccc1. The number of anilines is 1. The summed E-state index contributed by atoms with van der Waals surface area (Å²) >= 11 is 5.86. The number of hydrogen-bond donors (Lipinski definition) is 1. The van der Waals surface area contributed by atoms with Gasteiger partial charge in [-0.25, -0.2) is 0 Å². The Kier molecular flexibility index (Phi) is 6.54. The van der Waals surface area contributed by atoms with E-state index in [1.807, 2.05) is 60.7 Å². The van der Waals surface area contributed by atoms with E-state index in [-0.39, 0.29) is 30.4 Å². The van der Waals surface area contributed by atoms with Crippen LogP contribution in [-0.2, 0) is 4.79 Å². The standard InChI is InChI=1S/C26H19ClN2O3/c27-20-11-13-21(14-12-20)31-16-15-23(30)29-26-22(17-28)24(18-7-3-1-4-8-18)25(32-26)19-9-5-2-6-10-19/h1-14H,15-16H2,(H,29,30). The topological polar surface area (TPSA) is 75.3 Å². The average molecular weight is 443 g/mol. The van der Waals surface area contributed by atoms with Gasteiger partial charge in [0.25, 0.3) is 0 Å². The molecule has 158 valence electrons. The van der Waals surface area contributed by atoms with E-state index in [1.54, 1.807) is 24.3 Å². The van der Waals surface area contributed by atoms with Crippen LogP contribution in [0.15, 0.2) is 89.3 Å². The van der Waals surface area contributed by atoms with Crippen molar-refractivity contribution in [3.63, 3.8) is 0 Å². The number of hydrogen-bond acceptors (Lipinski definition) is 4. The Morgan fingerprint density at radius 3 is 2.19 bits per heavy atom. The van der Waals surface area contributed by atoms with Crippen LogP contribution in [0.25, 0.3) is 22.5 Å². The van der Waals surface area contributed by atoms with Crippen molar-refractivity contribution in [2.75, 3.05) is 11.9 Å². The third-order valence-electron chi connectivity index (χ3n) is 4.78. The molecule has 0 fully saturated rings. The molecule has 6 heteroatoms. The Morgan fingerprint density at radius 1 is 0.938 bits per heavy atom. The van der Waals surface area contributed by atoms with Crippen LogP contribution in [0.4, 0.5) is 5.88 Å². The maximum Gasteiger partial charge on any atom is 0.230 e. The zero-order valence-corrected chi connectivity index (χ0v) is 17.8. The van der Waals surface area contributed by atoms with Crippen LogP contribution < -0.4 is 10.1 Å². The highest BCUT2D eigenvalue weighted by Gasteiger charge is 2.24. The maximum absolute atomic E-state index is 12.5. The van der Waals surface area contributed by atoms with Crippen molar-refractivity contribution in [1.82, 2.24) is 0 Å². The van der Waals surface area contributed by atoms with Gasteiger partial charge in [-0.2, -0.15) is 5.26 Å². The number of rotatable bonds is 7. The molecule has 0 bridgehead atoms. The molecule has 0 atom stereocenters. The summed E-state index contributed by atoms with van der Waals surface area (Å²) in [6.45, 7) is 0.174. The van der Waals surface area contributed by atoms with Gasteiger partial charge in [-0.1, -0.05) is 72.3 Å². The van der Waals surface area contributed by atoms with E-state index in [9.17, 15) is 10.1 Å². The molecule has 4 aromatic rings. The zero-order valence-electron chi connectivity index (χ0n) is 17.0. The molecule has 0 saturated carbocycles. The fourth-order valence-corrected chi connectivity index (χ4v) is 3.41. The Bertz CT molecular complexity index is 1240. The average Bonchev–Trinajstić information content (AvgIpc) is 3.19. The van der Waals surface area contributed by atoms with Crippen LogP contribution in [0.1, 0.15) is 12.0 Å². The maximum atomic E-state index is 12.5. The van der Waals surface area contributed by atoms with Gasteiger partial charge in [0.15, 0.2) is 0 Å². The van der Waals surface area contributed by atoms with Crippen LogP contribution in [-0.4, -0.2) is 12.5 Å². The highest BCUT2D eigenvalue weighted by Crippen LogP contribution is 2.41. The second-order valence-corrected chi connectivity index (χ2v) is 7.39. The number of carbonyl (C=O) groups is 1. The number of halogens is 1. The molecule has 0 aliphatic rings. The van der Waals surface area contributed by atoms with Crippen molar-refractivity contribution in [2.24, 2.45) is 0 Å². The summed E-state index contributed by atoms with van der Waals surface area (Å²) < 4.78 is 11.6. The number of amides is 1. The van der Waals surface area contributed by atoms with Crippen LogP contribution in [0.5, 0.6) is 5.75 Å². The van der Waals surface area contributed by atoms with Gasteiger partial charge >= 0.3 is 0 Å². The number of nitriles is 1. The molecule has 1 amide bonds. The number of benzene rings is 3. The molecule has 0 spiro atoms. The third kappa shape index (κ3) is 4.83. The lowest BCUT2D eigenvalue weighted by atomic mass is 9.98. The molecule has 4 rings (SSSR count). The van der Waals surface area contributed by atoms with Crippen LogP contribution in [0, 0.1) is 11.3 Å². The first kappa shape index (κ1) is 21.2. The fraction of sp³-hybridized carbons (Fsp3) is 0.0769. The van der Waals surface area contributed by atoms with E-state index in [0.717, 1.165) is 11.1 Å². The number of ether oxygens (including phenoxy) is 1. The minimum absolute atomic E-state index is 0.0928. The Balaban J connectivity index is 1.57. The normalized spacial score (nSPS) is 10.4. The summed E-state index contributed by atoms with van der Waals surface area (Å²) in [7, 11) is 0. The van der Waals surface area contributed by atoms with Gasteiger partial charge in [0.1, 0.15) is 23.1 Å². The van der Waals surface area contributed by atoms with Crippen molar-refractivity contribution in [1.29, 1.82) is 5.26 Å². The Morgan fingerprint density at radius 2 is 1.56 bits per heavy atom. The van der Waals surface area contributed by atoms with Gasteiger partial charge in [0.05, 0.1) is 13.0 Å². The molecular formula is C26H19ClN2O3. The summed E-state index contributed by atoms with van der Waals surface area (Å²) in [6, 6.07) is 28.1. The first-order chi connectivity index (χ1) is 15.7. The molecule has 0 unspecified atom stereocenters. The van der Waals surface area contributed by atoms with Crippen LogP contribution in [0.3, 0.4) is 0 Å². The molecular weight excluding hydrogens is 424 g/mol. The van der Waals surface area contributed by atoms with E-state index in [1.165, 1.54) is 0 Å². The van der Waals surface area contributed by atoms with Crippen LogP contribution in [0.2, 0.25) is 5.02 Å². The highest BCUT2D eigenvalue weighted by atomic mass is 35.5. The number of carbonyl (C=O) groups excluding carboxylic acids is 1. The van der Waals surface area contributed by atoms with Gasteiger partial charge in [0.2, 0.25) is 11.8 Å². The highest BCUT2D eigenvalue weighted by molar-refractivity contribution is 6.30. The van der Waals surface area contributed by atoms with Crippen molar-refractivity contribution in [3.05, 3.63) is 95.5 Å². The van der Waals surface area contributed by atoms with Gasteiger partial charge < -0.3 is 9.15 Å². The molecule has 0 aliphatic carbocycles. The molecule has 3 aromatic carbocycles. The second-order valence-electron chi connectivity index (χ2n) is 6.95. The van der Waals surface area contributed by atoms with E-state index in [4.69, 9.17) is 20.8 Å².